The molecule has 0 saturated carbocycles. The molecule has 0 aromatic carbocycles. The van der Waals surface area contributed by atoms with Crippen LogP contribution in [0, 0.1) is 21.4 Å². The standard InChI is InChI=1S/C11H14N6O2/c1-9(6-12)15-2-4-16(5-3-15)11-13-7-10(8-14-11)17(18)19/h7-9H,2-5H2,1H3. The van der Waals surface area contributed by atoms with Crippen molar-refractivity contribution in [2.45, 2.75) is 13.0 Å². The van der Waals surface area contributed by atoms with Gasteiger partial charge in [0.05, 0.1) is 17.0 Å². The summed E-state index contributed by atoms with van der Waals surface area (Å²) in [4.78, 5) is 22.1. The first-order valence-corrected chi connectivity index (χ1v) is 5.97. The summed E-state index contributed by atoms with van der Waals surface area (Å²) in [6.07, 6.45) is 2.43. The molecule has 1 saturated heterocycles. The van der Waals surface area contributed by atoms with Gasteiger partial charge in [0.2, 0.25) is 5.95 Å². The highest BCUT2D eigenvalue weighted by Gasteiger charge is 2.22. The Hall–Kier alpha value is -2.27. The van der Waals surface area contributed by atoms with Gasteiger partial charge in [0.1, 0.15) is 12.4 Å². The molecular weight excluding hydrogens is 248 g/mol. The molecule has 8 nitrogen and oxygen atoms in total. The van der Waals surface area contributed by atoms with Gasteiger partial charge in [0.25, 0.3) is 0 Å². The van der Waals surface area contributed by atoms with Gasteiger partial charge < -0.3 is 4.90 Å². The van der Waals surface area contributed by atoms with Crippen molar-refractivity contribution in [1.82, 2.24) is 14.9 Å². The van der Waals surface area contributed by atoms with Crippen molar-refractivity contribution in [3.63, 3.8) is 0 Å². The van der Waals surface area contributed by atoms with Crippen LogP contribution in [0.1, 0.15) is 6.92 Å². The Bertz CT molecular complexity index is 489. The van der Waals surface area contributed by atoms with E-state index in [4.69, 9.17) is 5.26 Å². The van der Waals surface area contributed by atoms with E-state index in [1.165, 1.54) is 12.4 Å². The van der Waals surface area contributed by atoms with Crippen LogP contribution in [0.4, 0.5) is 11.6 Å². The molecule has 100 valence electrons. The minimum absolute atomic E-state index is 0.0973. The van der Waals surface area contributed by atoms with Crippen LogP contribution in [0.3, 0.4) is 0 Å². The summed E-state index contributed by atoms with van der Waals surface area (Å²) >= 11 is 0. The van der Waals surface area contributed by atoms with Crippen molar-refractivity contribution in [3.8, 4) is 6.07 Å². The Morgan fingerprint density at radius 3 is 2.42 bits per heavy atom. The number of nitro groups is 1. The van der Waals surface area contributed by atoms with Crippen LogP contribution in [0.25, 0.3) is 0 Å². The zero-order valence-corrected chi connectivity index (χ0v) is 10.6. The molecule has 1 aliphatic rings. The van der Waals surface area contributed by atoms with Gasteiger partial charge in [0, 0.05) is 26.2 Å². The quantitative estimate of drug-likeness (QED) is 0.574. The lowest BCUT2D eigenvalue weighted by Gasteiger charge is -2.35. The third-order valence-electron chi connectivity index (χ3n) is 3.17. The van der Waals surface area contributed by atoms with E-state index in [9.17, 15) is 10.1 Å². The highest BCUT2D eigenvalue weighted by Crippen LogP contribution is 2.14. The summed E-state index contributed by atoms with van der Waals surface area (Å²) in [7, 11) is 0. The number of hydrogen-bond donors (Lipinski definition) is 0. The highest BCUT2D eigenvalue weighted by atomic mass is 16.6. The summed E-state index contributed by atoms with van der Waals surface area (Å²) in [6, 6.07) is 2.11. The smallest absolute Gasteiger partial charge is 0.305 e. The summed E-state index contributed by atoms with van der Waals surface area (Å²) in [6.45, 7) is 4.82. The predicted molar refractivity (Wildman–Crippen MR) is 67.5 cm³/mol. The first-order chi connectivity index (χ1) is 9.11. The molecule has 0 radical (unpaired) electrons. The monoisotopic (exact) mass is 262 g/mol. The van der Waals surface area contributed by atoms with Crippen molar-refractivity contribution in [3.05, 3.63) is 22.5 Å². The molecule has 0 spiro atoms. The van der Waals surface area contributed by atoms with E-state index in [2.05, 4.69) is 20.9 Å². The fourth-order valence-electron chi connectivity index (χ4n) is 1.96. The van der Waals surface area contributed by atoms with Gasteiger partial charge in [-0.15, -0.1) is 0 Å². The van der Waals surface area contributed by atoms with Crippen molar-refractivity contribution in [2.75, 3.05) is 31.1 Å². The van der Waals surface area contributed by atoms with Crippen LogP contribution >= 0.6 is 0 Å². The molecule has 1 atom stereocenters. The Kier molecular flexibility index (Phi) is 3.87. The largest absolute Gasteiger partial charge is 0.338 e. The van der Waals surface area contributed by atoms with Gasteiger partial charge >= 0.3 is 5.69 Å². The number of rotatable bonds is 3. The molecule has 1 aromatic rings. The number of nitrogens with zero attached hydrogens (tertiary/aromatic N) is 6. The Morgan fingerprint density at radius 2 is 1.95 bits per heavy atom. The fourth-order valence-corrected chi connectivity index (χ4v) is 1.96. The van der Waals surface area contributed by atoms with E-state index >= 15 is 0 Å². The van der Waals surface area contributed by atoms with Gasteiger partial charge in [-0.25, -0.2) is 9.97 Å². The van der Waals surface area contributed by atoms with Crippen LogP contribution < -0.4 is 4.90 Å². The van der Waals surface area contributed by atoms with Gasteiger partial charge in [0.15, 0.2) is 0 Å². The normalized spacial score (nSPS) is 17.8. The molecule has 0 amide bonds. The molecule has 0 N–H and O–H groups in total. The molecule has 2 heterocycles. The predicted octanol–water partition coefficient (Wildman–Crippen LogP) is 0.419. The van der Waals surface area contributed by atoms with E-state index in [0.29, 0.717) is 19.0 Å². The first kappa shape index (κ1) is 13.2. The number of piperazine rings is 1. The fraction of sp³-hybridized carbons (Fsp3) is 0.545. The van der Waals surface area contributed by atoms with Crippen LogP contribution in [0.2, 0.25) is 0 Å². The van der Waals surface area contributed by atoms with Crippen molar-refractivity contribution in [2.24, 2.45) is 0 Å². The van der Waals surface area contributed by atoms with Gasteiger partial charge in [-0.3, -0.25) is 15.0 Å². The van der Waals surface area contributed by atoms with Crippen molar-refractivity contribution < 1.29 is 4.92 Å². The maximum absolute atomic E-state index is 10.5. The topological polar surface area (TPSA) is 99.2 Å². The zero-order valence-electron chi connectivity index (χ0n) is 10.6. The second-order valence-electron chi connectivity index (χ2n) is 4.33. The van der Waals surface area contributed by atoms with Crippen LogP contribution in [-0.2, 0) is 0 Å². The number of hydrogen-bond acceptors (Lipinski definition) is 7. The molecular formula is C11H14N6O2. The lowest BCUT2D eigenvalue weighted by Crippen LogP contribution is -2.49. The van der Waals surface area contributed by atoms with E-state index in [-0.39, 0.29) is 11.7 Å². The highest BCUT2D eigenvalue weighted by molar-refractivity contribution is 5.34. The molecule has 1 aromatic heterocycles. The molecule has 0 bridgehead atoms. The molecule has 1 aliphatic heterocycles. The molecule has 8 heteroatoms. The molecule has 19 heavy (non-hydrogen) atoms. The number of aromatic nitrogens is 2. The average Bonchev–Trinajstić information content (AvgIpc) is 2.46. The first-order valence-electron chi connectivity index (χ1n) is 5.97. The van der Waals surface area contributed by atoms with Gasteiger partial charge in [-0.2, -0.15) is 5.26 Å². The molecule has 2 rings (SSSR count). The lowest BCUT2D eigenvalue weighted by atomic mass is 10.2. The van der Waals surface area contributed by atoms with Gasteiger partial charge in [-0.1, -0.05) is 0 Å². The minimum atomic E-state index is -0.518. The van der Waals surface area contributed by atoms with Crippen LogP contribution in [-0.4, -0.2) is 52.0 Å². The zero-order chi connectivity index (χ0) is 13.8. The Labute approximate surface area is 110 Å². The van der Waals surface area contributed by atoms with E-state index in [1.54, 1.807) is 0 Å². The summed E-state index contributed by atoms with van der Waals surface area (Å²) < 4.78 is 0. The van der Waals surface area contributed by atoms with Crippen LogP contribution in [0.15, 0.2) is 12.4 Å². The SMILES string of the molecule is CC(C#N)N1CCN(c2ncc([N+](=O)[O-])cn2)CC1. The molecule has 1 unspecified atom stereocenters. The minimum Gasteiger partial charge on any atom is -0.338 e. The van der Waals surface area contributed by atoms with Crippen molar-refractivity contribution in [1.29, 1.82) is 5.26 Å². The summed E-state index contributed by atoms with van der Waals surface area (Å²) in [5.41, 5.74) is -0.111. The Morgan fingerprint density at radius 1 is 1.37 bits per heavy atom. The molecule has 1 fully saturated rings. The third-order valence-corrected chi connectivity index (χ3v) is 3.17. The maximum Gasteiger partial charge on any atom is 0.305 e. The van der Waals surface area contributed by atoms with E-state index in [0.717, 1.165) is 13.1 Å². The third kappa shape index (κ3) is 2.95. The number of anilines is 1. The second kappa shape index (κ2) is 5.58. The van der Waals surface area contributed by atoms with Crippen molar-refractivity contribution >= 4 is 11.6 Å². The molecule has 0 aliphatic carbocycles. The van der Waals surface area contributed by atoms with Gasteiger partial charge in [-0.05, 0) is 6.92 Å². The second-order valence-corrected chi connectivity index (χ2v) is 4.33. The van der Waals surface area contributed by atoms with Crippen LogP contribution in [0.5, 0.6) is 0 Å². The number of nitriles is 1. The van der Waals surface area contributed by atoms with E-state index < -0.39 is 4.92 Å². The lowest BCUT2D eigenvalue weighted by molar-refractivity contribution is -0.385. The Balaban J connectivity index is 1.98. The van der Waals surface area contributed by atoms with E-state index in [1.807, 2.05) is 11.8 Å². The maximum atomic E-state index is 10.5. The summed E-state index contributed by atoms with van der Waals surface area (Å²) in [5, 5.41) is 19.4. The summed E-state index contributed by atoms with van der Waals surface area (Å²) in [5.74, 6) is 0.495. The average molecular weight is 262 g/mol.